The van der Waals surface area contributed by atoms with Gasteiger partial charge in [-0.05, 0) is 29.8 Å². The quantitative estimate of drug-likeness (QED) is 0.583. The van der Waals surface area contributed by atoms with Gasteiger partial charge in [-0.3, -0.25) is 9.36 Å². The molecule has 3 heterocycles. The summed E-state index contributed by atoms with van der Waals surface area (Å²) in [6, 6.07) is 19.2. The van der Waals surface area contributed by atoms with Gasteiger partial charge in [0.25, 0.3) is 0 Å². The van der Waals surface area contributed by atoms with Crippen molar-refractivity contribution in [2.45, 2.75) is 12.5 Å². The smallest absolute Gasteiger partial charge is 0.232 e. The fraction of sp³-hybridized carbons (Fsp3) is 0.0870. The number of fused-ring (bicyclic) bond motifs is 2. The van der Waals surface area contributed by atoms with Crippen molar-refractivity contribution in [3.63, 3.8) is 0 Å². The summed E-state index contributed by atoms with van der Waals surface area (Å²) in [5.41, 5.74) is 2.71. The maximum Gasteiger partial charge on any atom is 0.232 e. The first-order valence-corrected chi connectivity index (χ1v) is 9.36. The Balaban J connectivity index is 1.40. The molecule has 0 atom stereocenters. The number of nitrogens with zero attached hydrogens (tertiary/aromatic N) is 3. The van der Waals surface area contributed by atoms with Gasteiger partial charge >= 0.3 is 0 Å². The number of ether oxygens (including phenoxy) is 1. The second-order valence-corrected chi connectivity index (χ2v) is 6.82. The Hall–Kier alpha value is -3.93. The highest BCUT2D eigenvalue weighted by atomic mass is 16.5. The SMILES string of the molecule is O=C(NCc1ccnc(-n2ccnc2)c1)C1c2ccccc2Oc2ccccc21. The molecule has 0 spiro atoms. The van der Waals surface area contributed by atoms with Crippen LogP contribution in [0.2, 0.25) is 0 Å². The number of amides is 1. The van der Waals surface area contributed by atoms with Crippen LogP contribution in [0.25, 0.3) is 5.82 Å². The molecule has 6 nitrogen and oxygen atoms in total. The highest BCUT2D eigenvalue weighted by Crippen LogP contribution is 2.43. The lowest BCUT2D eigenvalue weighted by atomic mass is 9.87. The van der Waals surface area contributed by atoms with Crippen LogP contribution in [0.1, 0.15) is 22.6 Å². The second-order valence-electron chi connectivity index (χ2n) is 6.82. The maximum absolute atomic E-state index is 13.2. The summed E-state index contributed by atoms with van der Waals surface area (Å²) in [6.45, 7) is 0.407. The van der Waals surface area contributed by atoms with Gasteiger partial charge < -0.3 is 10.1 Å². The first kappa shape index (κ1) is 17.2. The van der Waals surface area contributed by atoms with E-state index < -0.39 is 5.92 Å². The Kier molecular flexibility index (Phi) is 4.29. The van der Waals surface area contributed by atoms with Crippen LogP contribution in [-0.2, 0) is 11.3 Å². The Bertz CT molecular complexity index is 1130. The number of nitrogens with one attached hydrogen (secondary N) is 1. The molecule has 5 rings (SSSR count). The molecule has 4 aromatic rings. The number of carbonyl (C=O) groups is 1. The van der Waals surface area contributed by atoms with E-state index in [1.165, 1.54) is 0 Å². The molecule has 1 N–H and O–H groups in total. The largest absolute Gasteiger partial charge is 0.457 e. The van der Waals surface area contributed by atoms with Gasteiger partial charge in [-0.15, -0.1) is 0 Å². The van der Waals surface area contributed by atoms with Crippen LogP contribution in [0.3, 0.4) is 0 Å². The zero-order chi connectivity index (χ0) is 19.6. The summed E-state index contributed by atoms with van der Waals surface area (Å²) in [7, 11) is 0. The van der Waals surface area contributed by atoms with E-state index in [4.69, 9.17) is 4.74 Å². The van der Waals surface area contributed by atoms with Gasteiger partial charge in [0.1, 0.15) is 23.6 Å². The number of rotatable bonds is 4. The molecule has 0 aliphatic carbocycles. The van der Waals surface area contributed by atoms with Crippen molar-refractivity contribution in [2.24, 2.45) is 0 Å². The average molecular weight is 382 g/mol. The van der Waals surface area contributed by atoms with Crippen LogP contribution in [0, 0.1) is 0 Å². The van der Waals surface area contributed by atoms with Crippen LogP contribution in [0.15, 0.2) is 85.6 Å². The highest BCUT2D eigenvalue weighted by molar-refractivity contribution is 5.89. The molecule has 6 heteroatoms. The first-order chi connectivity index (χ1) is 14.3. The van der Waals surface area contributed by atoms with Gasteiger partial charge in [0.15, 0.2) is 0 Å². The van der Waals surface area contributed by atoms with Gasteiger partial charge in [-0.25, -0.2) is 9.97 Å². The number of hydrogen-bond acceptors (Lipinski definition) is 4. The summed E-state index contributed by atoms with van der Waals surface area (Å²) in [4.78, 5) is 21.6. The summed E-state index contributed by atoms with van der Waals surface area (Å²) in [5, 5.41) is 3.08. The molecule has 1 aliphatic rings. The standard InChI is InChI=1S/C23H18N4O2/c28-23(26-14-16-9-10-25-21(13-16)27-12-11-24-15-27)22-17-5-1-3-7-19(17)29-20-8-4-2-6-18(20)22/h1-13,15,22H,14H2,(H,26,28). The highest BCUT2D eigenvalue weighted by Gasteiger charge is 2.32. The van der Waals surface area contributed by atoms with Gasteiger partial charge in [0.2, 0.25) is 5.91 Å². The topological polar surface area (TPSA) is 69.0 Å². The molecule has 0 radical (unpaired) electrons. The second kappa shape index (κ2) is 7.24. The fourth-order valence-electron chi connectivity index (χ4n) is 3.59. The third-order valence-corrected chi connectivity index (χ3v) is 4.99. The zero-order valence-electron chi connectivity index (χ0n) is 15.5. The molecule has 0 bridgehead atoms. The Morgan fingerprint density at radius 3 is 2.41 bits per heavy atom. The monoisotopic (exact) mass is 382 g/mol. The van der Waals surface area contributed by atoms with Gasteiger partial charge in [0, 0.05) is 36.3 Å². The van der Waals surface area contributed by atoms with Crippen molar-refractivity contribution in [1.29, 1.82) is 0 Å². The van der Waals surface area contributed by atoms with E-state index in [9.17, 15) is 4.79 Å². The average Bonchev–Trinajstić information content (AvgIpc) is 3.31. The minimum Gasteiger partial charge on any atom is -0.457 e. The molecule has 0 fully saturated rings. The molecule has 1 amide bonds. The molecular weight excluding hydrogens is 364 g/mol. The molecule has 2 aromatic carbocycles. The lowest BCUT2D eigenvalue weighted by Gasteiger charge is -2.27. The van der Waals surface area contributed by atoms with E-state index in [1.807, 2.05) is 71.4 Å². The summed E-state index contributed by atoms with van der Waals surface area (Å²) < 4.78 is 7.81. The normalized spacial score (nSPS) is 12.6. The molecular formula is C23H18N4O2. The summed E-state index contributed by atoms with van der Waals surface area (Å²) in [5.74, 6) is 1.73. The minimum absolute atomic E-state index is 0.0609. The molecule has 2 aromatic heterocycles. The Morgan fingerprint density at radius 1 is 1.00 bits per heavy atom. The van der Waals surface area contributed by atoms with Crippen LogP contribution in [0.4, 0.5) is 0 Å². The van der Waals surface area contributed by atoms with E-state index in [2.05, 4.69) is 15.3 Å². The lowest BCUT2D eigenvalue weighted by Crippen LogP contribution is -2.31. The van der Waals surface area contributed by atoms with Gasteiger partial charge in [-0.2, -0.15) is 0 Å². The number of para-hydroxylation sites is 2. The zero-order valence-corrected chi connectivity index (χ0v) is 15.5. The maximum atomic E-state index is 13.2. The van der Waals surface area contributed by atoms with Crippen molar-refractivity contribution >= 4 is 5.91 Å². The Morgan fingerprint density at radius 2 is 1.72 bits per heavy atom. The van der Waals surface area contributed by atoms with Crippen molar-refractivity contribution in [2.75, 3.05) is 0 Å². The number of benzene rings is 2. The van der Waals surface area contributed by atoms with E-state index >= 15 is 0 Å². The van der Waals surface area contributed by atoms with Crippen molar-refractivity contribution in [3.8, 4) is 17.3 Å². The van der Waals surface area contributed by atoms with Crippen molar-refractivity contribution in [1.82, 2.24) is 19.9 Å². The molecule has 0 unspecified atom stereocenters. The number of imidazole rings is 1. The number of pyridine rings is 1. The molecule has 142 valence electrons. The predicted molar refractivity (Wildman–Crippen MR) is 108 cm³/mol. The molecule has 0 saturated heterocycles. The molecule has 1 aliphatic heterocycles. The van der Waals surface area contributed by atoms with Crippen molar-refractivity contribution in [3.05, 3.63) is 102 Å². The summed E-state index contributed by atoms with van der Waals surface area (Å²) >= 11 is 0. The van der Waals surface area contributed by atoms with Gasteiger partial charge in [-0.1, -0.05) is 36.4 Å². The minimum atomic E-state index is -0.411. The number of aromatic nitrogens is 3. The van der Waals surface area contributed by atoms with Crippen LogP contribution < -0.4 is 10.1 Å². The Labute approximate surface area is 167 Å². The van der Waals surface area contributed by atoms with E-state index in [0.717, 1.165) is 34.0 Å². The molecule has 0 saturated carbocycles. The van der Waals surface area contributed by atoms with Crippen LogP contribution >= 0.6 is 0 Å². The number of carbonyl (C=O) groups excluding carboxylic acids is 1. The van der Waals surface area contributed by atoms with Gasteiger partial charge in [0.05, 0.1) is 5.92 Å². The fourth-order valence-corrected chi connectivity index (χ4v) is 3.59. The predicted octanol–water partition coefficient (Wildman–Crippen LogP) is 3.82. The summed E-state index contributed by atoms with van der Waals surface area (Å²) in [6.07, 6.45) is 6.97. The lowest BCUT2D eigenvalue weighted by molar-refractivity contribution is -0.122. The number of hydrogen-bond donors (Lipinski definition) is 1. The third-order valence-electron chi connectivity index (χ3n) is 4.99. The molecule has 29 heavy (non-hydrogen) atoms. The van der Waals surface area contributed by atoms with E-state index in [-0.39, 0.29) is 5.91 Å². The van der Waals surface area contributed by atoms with Crippen molar-refractivity contribution < 1.29 is 9.53 Å². The third kappa shape index (κ3) is 3.25. The first-order valence-electron chi connectivity index (χ1n) is 9.36. The van der Waals surface area contributed by atoms with Crippen LogP contribution in [0.5, 0.6) is 11.5 Å². The van der Waals surface area contributed by atoms with E-state index in [0.29, 0.717) is 6.54 Å². The van der Waals surface area contributed by atoms with Crippen LogP contribution in [-0.4, -0.2) is 20.4 Å². The van der Waals surface area contributed by atoms with E-state index in [1.54, 1.807) is 18.7 Å².